The lowest BCUT2D eigenvalue weighted by atomic mass is 10.2. The van der Waals surface area contributed by atoms with Crippen LogP contribution in [0, 0.1) is 0 Å². The van der Waals surface area contributed by atoms with Gasteiger partial charge in [0.1, 0.15) is 5.82 Å². The number of amides is 1. The molecule has 1 aromatic heterocycles. The van der Waals surface area contributed by atoms with E-state index in [1.807, 2.05) is 24.0 Å². The molecule has 0 aliphatic carbocycles. The maximum Gasteiger partial charge on any atom is 0.222 e. The van der Waals surface area contributed by atoms with Crippen LogP contribution in [-0.4, -0.2) is 15.5 Å². The topological polar surface area (TPSA) is 46.9 Å². The molecule has 0 spiro atoms. The highest BCUT2D eigenvalue weighted by Gasteiger charge is 2.26. The first-order valence-electron chi connectivity index (χ1n) is 6.32. The Hall–Kier alpha value is -1.75. The molecule has 1 unspecified atom stereocenters. The van der Waals surface area contributed by atoms with Crippen LogP contribution in [0.3, 0.4) is 0 Å². The average Bonchev–Trinajstić information content (AvgIpc) is 2.80. The van der Waals surface area contributed by atoms with Gasteiger partial charge in [-0.1, -0.05) is 19.1 Å². The predicted octanol–water partition coefficient (Wildman–Crippen LogP) is 3.39. The summed E-state index contributed by atoms with van der Waals surface area (Å²) in [5.41, 5.74) is 1.14. The highest BCUT2D eigenvalue weighted by Crippen LogP contribution is 2.45. The number of rotatable bonds is 2. The number of fused-ring (bicyclic) bond motifs is 3. The maximum absolute atomic E-state index is 11.2. The van der Waals surface area contributed by atoms with Gasteiger partial charge in [-0.25, -0.2) is 4.98 Å². The minimum atomic E-state index is -0.0931. The van der Waals surface area contributed by atoms with Gasteiger partial charge in [0.05, 0.1) is 17.1 Å². The molecule has 98 valence electrons. The predicted molar refractivity (Wildman–Crippen MR) is 76.8 cm³/mol. The minimum absolute atomic E-state index is 0.0931. The molecule has 2 heterocycles. The zero-order valence-electron chi connectivity index (χ0n) is 10.9. The summed E-state index contributed by atoms with van der Waals surface area (Å²) in [6.07, 6.45) is 2.91. The summed E-state index contributed by atoms with van der Waals surface area (Å²) in [6, 6.07) is 8.28. The first-order valence-corrected chi connectivity index (χ1v) is 7.20. The van der Waals surface area contributed by atoms with E-state index in [1.165, 1.54) is 11.8 Å². The minimum Gasteiger partial charge on any atom is -0.310 e. The zero-order chi connectivity index (χ0) is 13.4. The van der Waals surface area contributed by atoms with Gasteiger partial charge in [-0.05, 0) is 18.6 Å². The second-order valence-electron chi connectivity index (χ2n) is 4.52. The molecule has 19 heavy (non-hydrogen) atoms. The van der Waals surface area contributed by atoms with Gasteiger partial charge in [0.2, 0.25) is 5.91 Å². The van der Waals surface area contributed by atoms with E-state index in [2.05, 4.69) is 40.0 Å². The molecule has 5 heteroatoms. The van der Waals surface area contributed by atoms with Crippen molar-refractivity contribution in [1.82, 2.24) is 9.55 Å². The summed E-state index contributed by atoms with van der Waals surface area (Å²) >= 11 is 1.84. The molecule has 1 aliphatic heterocycles. The van der Waals surface area contributed by atoms with Crippen molar-refractivity contribution in [3.8, 4) is 5.69 Å². The van der Waals surface area contributed by atoms with Crippen LogP contribution in [0.15, 0.2) is 35.4 Å². The summed E-state index contributed by atoms with van der Waals surface area (Å²) in [5.74, 6) is 1.54. The maximum atomic E-state index is 11.2. The van der Waals surface area contributed by atoms with Crippen molar-refractivity contribution in [3.63, 3.8) is 0 Å². The van der Waals surface area contributed by atoms with Crippen molar-refractivity contribution < 1.29 is 4.79 Å². The number of imidazole rings is 1. The summed E-state index contributed by atoms with van der Waals surface area (Å²) < 4.78 is 2.09. The normalized spacial score (nSPS) is 16.6. The van der Waals surface area contributed by atoms with E-state index in [1.54, 1.807) is 0 Å². The Morgan fingerprint density at radius 2 is 2.26 bits per heavy atom. The van der Waals surface area contributed by atoms with Gasteiger partial charge in [0, 0.05) is 11.8 Å². The summed E-state index contributed by atoms with van der Waals surface area (Å²) in [4.78, 5) is 17.0. The van der Waals surface area contributed by atoms with E-state index >= 15 is 0 Å². The molecule has 0 bridgehead atoms. The van der Waals surface area contributed by atoms with Gasteiger partial charge in [-0.3, -0.25) is 9.36 Å². The third-order valence-electron chi connectivity index (χ3n) is 3.09. The summed E-state index contributed by atoms with van der Waals surface area (Å²) in [5, 5.41) is 3.09. The number of carbonyl (C=O) groups excluding carboxylic acids is 1. The zero-order valence-corrected chi connectivity index (χ0v) is 11.7. The van der Waals surface area contributed by atoms with Crippen molar-refractivity contribution >= 4 is 23.5 Å². The second-order valence-corrected chi connectivity index (χ2v) is 5.76. The fourth-order valence-electron chi connectivity index (χ4n) is 2.28. The molecule has 2 aromatic rings. The number of hydrogen-bond acceptors (Lipinski definition) is 3. The van der Waals surface area contributed by atoms with E-state index in [9.17, 15) is 4.79 Å². The first-order chi connectivity index (χ1) is 9.19. The summed E-state index contributed by atoms with van der Waals surface area (Å²) in [6.45, 7) is 3.65. The molecule has 0 saturated heterocycles. The van der Waals surface area contributed by atoms with Crippen molar-refractivity contribution in [3.05, 3.63) is 36.3 Å². The van der Waals surface area contributed by atoms with Gasteiger partial charge in [-0.15, -0.1) is 11.8 Å². The number of thioether (sulfide) groups is 1. The van der Waals surface area contributed by atoms with Crippen LogP contribution >= 0.6 is 11.8 Å². The van der Waals surface area contributed by atoms with E-state index in [0.717, 1.165) is 17.9 Å². The number of aromatic nitrogens is 2. The Balaban J connectivity index is 2.11. The quantitative estimate of drug-likeness (QED) is 0.912. The number of nitrogens with one attached hydrogen (secondary N) is 1. The lowest BCUT2D eigenvalue weighted by Gasteiger charge is -2.24. The standard InChI is InChI=1S/C14H15N3OS/c1-3-11-14-16-13(15-9(2)18)8-17(14)10-6-4-5-7-12(10)19-11/h4-8,11H,3H2,1-2H3,(H,15,18). The molecule has 3 rings (SSSR count). The molecule has 0 radical (unpaired) electrons. The van der Waals surface area contributed by atoms with Crippen molar-refractivity contribution in [1.29, 1.82) is 0 Å². The number of benzene rings is 1. The average molecular weight is 273 g/mol. The van der Waals surface area contributed by atoms with Crippen molar-refractivity contribution in [2.24, 2.45) is 0 Å². The third-order valence-corrected chi connectivity index (χ3v) is 4.52. The Morgan fingerprint density at radius 1 is 1.47 bits per heavy atom. The van der Waals surface area contributed by atoms with Gasteiger partial charge in [-0.2, -0.15) is 0 Å². The van der Waals surface area contributed by atoms with Gasteiger partial charge < -0.3 is 5.32 Å². The lowest BCUT2D eigenvalue weighted by Crippen LogP contribution is -2.10. The van der Waals surface area contributed by atoms with Crippen molar-refractivity contribution in [2.45, 2.75) is 30.4 Å². The highest BCUT2D eigenvalue weighted by atomic mass is 32.2. The van der Waals surface area contributed by atoms with E-state index in [4.69, 9.17) is 0 Å². The number of anilines is 1. The molecular weight excluding hydrogens is 258 g/mol. The van der Waals surface area contributed by atoms with Crippen LogP contribution in [0.5, 0.6) is 0 Å². The largest absolute Gasteiger partial charge is 0.310 e. The van der Waals surface area contributed by atoms with Crippen LogP contribution in [-0.2, 0) is 4.79 Å². The Morgan fingerprint density at radius 3 is 3.00 bits per heavy atom. The Labute approximate surface area is 116 Å². The summed E-state index contributed by atoms with van der Waals surface area (Å²) in [7, 11) is 0. The van der Waals surface area contributed by atoms with Crippen LogP contribution in [0.2, 0.25) is 0 Å². The first kappa shape index (κ1) is 12.3. The van der Waals surface area contributed by atoms with Gasteiger partial charge in [0.25, 0.3) is 0 Å². The van der Waals surface area contributed by atoms with Crippen LogP contribution in [0.4, 0.5) is 5.82 Å². The molecular formula is C14H15N3OS. The van der Waals surface area contributed by atoms with E-state index < -0.39 is 0 Å². The molecule has 1 atom stereocenters. The van der Waals surface area contributed by atoms with Crippen LogP contribution in [0.25, 0.3) is 5.69 Å². The molecule has 0 fully saturated rings. The smallest absolute Gasteiger partial charge is 0.222 e. The van der Waals surface area contributed by atoms with Crippen molar-refractivity contribution in [2.75, 3.05) is 5.32 Å². The number of hydrogen-bond donors (Lipinski definition) is 1. The molecule has 0 saturated carbocycles. The lowest BCUT2D eigenvalue weighted by molar-refractivity contribution is -0.114. The third kappa shape index (κ3) is 2.14. The Bertz CT molecular complexity index is 635. The number of para-hydroxylation sites is 1. The monoisotopic (exact) mass is 273 g/mol. The Kier molecular flexibility index (Phi) is 3.06. The fourth-order valence-corrected chi connectivity index (χ4v) is 3.47. The van der Waals surface area contributed by atoms with E-state index in [0.29, 0.717) is 11.1 Å². The van der Waals surface area contributed by atoms with Gasteiger partial charge >= 0.3 is 0 Å². The number of carbonyl (C=O) groups is 1. The molecule has 1 N–H and O–H groups in total. The number of nitrogens with zero attached hydrogens (tertiary/aromatic N) is 2. The second kappa shape index (κ2) is 4.74. The fraction of sp³-hybridized carbons (Fsp3) is 0.286. The molecule has 1 aromatic carbocycles. The molecule has 1 amide bonds. The highest BCUT2D eigenvalue weighted by molar-refractivity contribution is 7.99. The van der Waals surface area contributed by atoms with Crippen LogP contribution in [0.1, 0.15) is 31.3 Å². The van der Waals surface area contributed by atoms with Gasteiger partial charge in [0.15, 0.2) is 5.82 Å². The molecule has 1 aliphatic rings. The molecule has 4 nitrogen and oxygen atoms in total. The SMILES string of the molecule is CCC1Sc2ccccc2-n2cc(NC(C)=O)nc21. The van der Waals surface area contributed by atoms with E-state index in [-0.39, 0.29) is 5.91 Å². The van der Waals surface area contributed by atoms with Crippen LogP contribution < -0.4 is 5.32 Å².